The van der Waals surface area contributed by atoms with E-state index in [-0.39, 0.29) is 0 Å². The lowest BCUT2D eigenvalue weighted by Gasteiger charge is -2.17. The zero-order chi connectivity index (χ0) is 10.4. The van der Waals surface area contributed by atoms with E-state index in [1.807, 2.05) is 17.1 Å². The van der Waals surface area contributed by atoms with Gasteiger partial charge in [0, 0.05) is 29.0 Å². The standard InChI is InChI=1S/C9H17N3S2/c1-9(2,3)13-5-4-10-6-8-7-14-12-11-8/h7,10H,4-6H2,1-3H3. The summed E-state index contributed by atoms with van der Waals surface area (Å²) in [6, 6.07) is 0. The minimum absolute atomic E-state index is 0.365. The largest absolute Gasteiger partial charge is 0.310 e. The molecule has 0 unspecified atom stereocenters. The highest BCUT2D eigenvalue weighted by molar-refractivity contribution is 8.00. The van der Waals surface area contributed by atoms with E-state index in [2.05, 4.69) is 35.7 Å². The molecule has 0 saturated heterocycles. The molecule has 5 heteroatoms. The first-order chi connectivity index (χ1) is 6.58. The molecule has 0 spiro atoms. The molecule has 0 fully saturated rings. The summed E-state index contributed by atoms with van der Waals surface area (Å²) in [5.41, 5.74) is 1.04. The Kier molecular flexibility index (Phi) is 4.84. The molecule has 14 heavy (non-hydrogen) atoms. The van der Waals surface area contributed by atoms with E-state index < -0.39 is 0 Å². The van der Waals surface area contributed by atoms with Gasteiger partial charge in [-0.2, -0.15) is 11.8 Å². The quantitative estimate of drug-likeness (QED) is 0.788. The molecule has 1 aromatic heterocycles. The van der Waals surface area contributed by atoms with Crippen LogP contribution in [0.1, 0.15) is 26.5 Å². The molecule has 0 amide bonds. The van der Waals surface area contributed by atoms with Gasteiger partial charge in [-0.25, -0.2) is 0 Å². The van der Waals surface area contributed by atoms with Crippen molar-refractivity contribution in [3.05, 3.63) is 11.1 Å². The van der Waals surface area contributed by atoms with Crippen molar-refractivity contribution in [1.29, 1.82) is 0 Å². The number of aromatic nitrogens is 2. The van der Waals surface area contributed by atoms with Crippen molar-refractivity contribution in [3.63, 3.8) is 0 Å². The second kappa shape index (κ2) is 5.68. The number of hydrogen-bond donors (Lipinski definition) is 1. The predicted molar refractivity (Wildman–Crippen MR) is 63.8 cm³/mol. The summed E-state index contributed by atoms with van der Waals surface area (Å²) in [7, 11) is 0. The van der Waals surface area contributed by atoms with Gasteiger partial charge in [0.25, 0.3) is 0 Å². The van der Waals surface area contributed by atoms with E-state index >= 15 is 0 Å². The van der Waals surface area contributed by atoms with E-state index in [0.717, 1.165) is 24.5 Å². The van der Waals surface area contributed by atoms with Gasteiger partial charge in [0.05, 0.1) is 5.69 Å². The fraction of sp³-hybridized carbons (Fsp3) is 0.778. The van der Waals surface area contributed by atoms with Crippen LogP contribution in [0.25, 0.3) is 0 Å². The van der Waals surface area contributed by atoms with Crippen LogP contribution >= 0.6 is 23.3 Å². The molecule has 1 rings (SSSR count). The van der Waals surface area contributed by atoms with Crippen molar-refractivity contribution >= 4 is 23.3 Å². The lowest BCUT2D eigenvalue weighted by atomic mass is 10.3. The summed E-state index contributed by atoms with van der Waals surface area (Å²) >= 11 is 3.38. The summed E-state index contributed by atoms with van der Waals surface area (Å²) in [6.07, 6.45) is 0. The number of thioether (sulfide) groups is 1. The average Bonchev–Trinajstić information content (AvgIpc) is 2.54. The van der Waals surface area contributed by atoms with E-state index in [1.165, 1.54) is 11.5 Å². The second-order valence-electron chi connectivity index (χ2n) is 4.03. The van der Waals surface area contributed by atoms with Crippen LogP contribution in [0, 0.1) is 0 Å². The molecule has 0 aliphatic carbocycles. The third-order valence-corrected chi connectivity index (χ3v) is 3.35. The van der Waals surface area contributed by atoms with Crippen LogP contribution in [-0.4, -0.2) is 26.6 Å². The first-order valence-electron chi connectivity index (χ1n) is 4.68. The maximum atomic E-state index is 3.96. The van der Waals surface area contributed by atoms with Gasteiger partial charge in [0.15, 0.2) is 0 Å². The monoisotopic (exact) mass is 231 g/mol. The molecule has 1 N–H and O–H groups in total. The second-order valence-corrected chi connectivity index (χ2v) is 6.57. The highest BCUT2D eigenvalue weighted by Crippen LogP contribution is 2.21. The fourth-order valence-electron chi connectivity index (χ4n) is 0.907. The van der Waals surface area contributed by atoms with Crippen molar-refractivity contribution in [1.82, 2.24) is 14.9 Å². The third kappa shape index (κ3) is 5.57. The predicted octanol–water partition coefficient (Wildman–Crippen LogP) is 2.16. The van der Waals surface area contributed by atoms with Crippen LogP contribution in [-0.2, 0) is 6.54 Å². The van der Waals surface area contributed by atoms with Crippen LogP contribution in [0.3, 0.4) is 0 Å². The molecule has 0 aliphatic rings. The zero-order valence-corrected chi connectivity index (χ0v) is 10.5. The minimum Gasteiger partial charge on any atom is -0.310 e. The molecule has 0 radical (unpaired) electrons. The molecule has 1 heterocycles. The first-order valence-corrected chi connectivity index (χ1v) is 6.51. The molecule has 3 nitrogen and oxygen atoms in total. The summed E-state index contributed by atoms with van der Waals surface area (Å²) in [4.78, 5) is 0. The summed E-state index contributed by atoms with van der Waals surface area (Å²) < 4.78 is 4.17. The van der Waals surface area contributed by atoms with E-state index in [9.17, 15) is 0 Å². The van der Waals surface area contributed by atoms with Crippen molar-refractivity contribution < 1.29 is 0 Å². The van der Waals surface area contributed by atoms with Gasteiger partial charge >= 0.3 is 0 Å². The van der Waals surface area contributed by atoms with Crippen LogP contribution in [0.2, 0.25) is 0 Å². The number of nitrogens with one attached hydrogen (secondary N) is 1. The van der Waals surface area contributed by atoms with Gasteiger partial charge in [0.2, 0.25) is 0 Å². The molecular formula is C9H17N3S2. The summed E-state index contributed by atoms with van der Waals surface area (Å²) in [5.74, 6) is 1.14. The van der Waals surface area contributed by atoms with Crippen molar-refractivity contribution in [3.8, 4) is 0 Å². The maximum Gasteiger partial charge on any atom is 0.0893 e. The zero-order valence-electron chi connectivity index (χ0n) is 8.91. The highest BCUT2D eigenvalue weighted by Gasteiger charge is 2.09. The van der Waals surface area contributed by atoms with Crippen LogP contribution in [0.5, 0.6) is 0 Å². The van der Waals surface area contributed by atoms with Crippen molar-refractivity contribution in [2.45, 2.75) is 32.1 Å². The van der Waals surface area contributed by atoms with Crippen molar-refractivity contribution in [2.75, 3.05) is 12.3 Å². The Bertz CT molecular complexity index is 241. The first kappa shape index (κ1) is 11.9. The average molecular weight is 231 g/mol. The Morgan fingerprint density at radius 2 is 2.29 bits per heavy atom. The van der Waals surface area contributed by atoms with Gasteiger partial charge in [-0.05, 0) is 11.5 Å². The Morgan fingerprint density at radius 3 is 2.86 bits per heavy atom. The summed E-state index contributed by atoms with van der Waals surface area (Å²) in [6.45, 7) is 8.58. The normalized spacial score (nSPS) is 11.9. The fourth-order valence-corrected chi connectivity index (χ4v) is 2.22. The van der Waals surface area contributed by atoms with E-state index in [1.54, 1.807) is 0 Å². The number of rotatable bonds is 5. The summed E-state index contributed by atoms with van der Waals surface area (Å²) in [5, 5.41) is 9.28. The van der Waals surface area contributed by atoms with Crippen LogP contribution in [0.4, 0.5) is 0 Å². The van der Waals surface area contributed by atoms with Gasteiger partial charge in [-0.1, -0.05) is 25.3 Å². The molecular weight excluding hydrogens is 214 g/mol. The molecule has 0 saturated carbocycles. The Morgan fingerprint density at radius 1 is 1.50 bits per heavy atom. The molecule has 80 valence electrons. The molecule has 0 atom stereocenters. The maximum absolute atomic E-state index is 3.96. The van der Waals surface area contributed by atoms with Gasteiger partial charge in [0.1, 0.15) is 0 Å². The third-order valence-electron chi connectivity index (χ3n) is 1.53. The molecule has 1 aromatic rings. The van der Waals surface area contributed by atoms with Crippen molar-refractivity contribution in [2.24, 2.45) is 0 Å². The number of hydrogen-bond acceptors (Lipinski definition) is 5. The minimum atomic E-state index is 0.365. The number of nitrogens with zero attached hydrogens (tertiary/aromatic N) is 2. The lowest BCUT2D eigenvalue weighted by molar-refractivity contribution is 0.708. The Labute approximate surface area is 93.8 Å². The van der Waals surface area contributed by atoms with Gasteiger partial charge in [-0.15, -0.1) is 5.10 Å². The molecule has 0 bridgehead atoms. The SMILES string of the molecule is CC(C)(C)SCCNCc1csnn1. The topological polar surface area (TPSA) is 37.8 Å². The van der Waals surface area contributed by atoms with Gasteiger partial charge in [-0.3, -0.25) is 0 Å². The molecule has 0 aromatic carbocycles. The van der Waals surface area contributed by atoms with E-state index in [4.69, 9.17) is 0 Å². The van der Waals surface area contributed by atoms with E-state index in [0.29, 0.717) is 4.75 Å². The Balaban J connectivity index is 2.00. The van der Waals surface area contributed by atoms with Gasteiger partial charge < -0.3 is 5.32 Å². The smallest absolute Gasteiger partial charge is 0.0893 e. The van der Waals surface area contributed by atoms with Crippen LogP contribution in [0.15, 0.2) is 5.38 Å². The molecule has 0 aliphatic heterocycles. The Hall–Kier alpha value is -0.130. The lowest BCUT2D eigenvalue weighted by Crippen LogP contribution is -2.19. The van der Waals surface area contributed by atoms with Crippen LogP contribution < -0.4 is 5.32 Å². The highest BCUT2D eigenvalue weighted by atomic mass is 32.2.